The lowest BCUT2D eigenvalue weighted by atomic mass is 10.2. The van der Waals surface area contributed by atoms with Gasteiger partial charge in [-0.05, 0) is 34.1 Å². The van der Waals surface area contributed by atoms with Crippen molar-refractivity contribution in [2.75, 3.05) is 18.1 Å². The average Bonchev–Trinajstić information content (AvgIpc) is 2.31. The Morgan fingerprint density at radius 1 is 1.53 bits per heavy atom. The molecule has 0 radical (unpaired) electrons. The maximum atomic E-state index is 13.0. The fraction of sp³-hybridized carbons (Fsp3) is 0.364. The molecule has 0 aliphatic heterocycles. The molecule has 1 N–H and O–H groups in total. The Labute approximate surface area is 110 Å². The number of amides is 1. The Morgan fingerprint density at radius 2 is 2.24 bits per heavy atom. The van der Waals surface area contributed by atoms with Crippen LogP contribution in [0.5, 0.6) is 0 Å². The van der Waals surface area contributed by atoms with Gasteiger partial charge in [-0.1, -0.05) is 6.92 Å². The summed E-state index contributed by atoms with van der Waals surface area (Å²) in [7, 11) is -0.910. The Morgan fingerprint density at radius 3 is 2.88 bits per heavy atom. The van der Waals surface area contributed by atoms with Crippen LogP contribution < -0.4 is 5.32 Å². The van der Waals surface area contributed by atoms with Crippen LogP contribution in [0.2, 0.25) is 0 Å². The fourth-order valence-electron chi connectivity index (χ4n) is 1.19. The number of rotatable bonds is 5. The fourth-order valence-corrected chi connectivity index (χ4v) is 2.23. The minimum atomic E-state index is -0.910. The van der Waals surface area contributed by atoms with Crippen LogP contribution in [0.25, 0.3) is 0 Å². The molecule has 6 heteroatoms. The molecule has 1 unspecified atom stereocenters. The zero-order valence-electron chi connectivity index (χ0n) is 9.33. The zero-order valence-corrected chi connectivity index (χ0v) is 11.7. The molecule has 0 saturated heterocycles. The van der Waals surface area contributed by atoms with Crippen molar-refractivity contribution in [3.8, 4) is 0 Å². The highest BCUT2D eigenvalue weighted by Gasteiger charge is 2.10. The maximum absolute atomic E-state index is 13.0. The molecule has 0 aliphatic rings. The van der Waals surface area contributed by atoms with Crippen LogP contribution in [0.3, 0.4) is 0 Å². The second-order valence-corrected chi connectivity index (χ2v) is 6.03. The summed E-state index contributed by atoms with van der Waals surface area (Å²) in [5.41, 5.74) is 0.243. The van der Waals surface area contributed by atoms with Crippen molar-refractivity contribution in [3.63, 3.8) is 0 Å². The highest BCUT2D eigenvalue weighted by Crippen LogP contribution is 2.17. The number of carbonyl (C=O) groups excluding carboxylic acids is 1. The van der Waals surface area contributed by atoms with Crippen molar-refractivity contribution in [3.05, 3.63) is 34.1 Å². The van der Waals surface area contributed by atoms with Crippen molar-refractivity contribution in [2.24, 2.45) is 0 Å². The number of benzene rings is 1. The van der Waals surface area contributed by atoms with Gasteiger partial charge in [-0.25, -0.2) is 4.39 Å². The van der Waals surface area contributed by atoms with Gasteiger partial charge >= 0.3 is 0 Å². The van der Waals surface area contributed by atoms with E-state index in [-0.39, 0.29) is 11.5 Å². The lowest BCUT2D eigenvalue weighted by Gasteiger charge is -2.06. The molecule has 1 aromatic rings. The van der Waals surface area contributed by atoms with Crippen LogP contribution in [0.4, 0.5) is 4.39 Å². The van der Waals surface area contributed by atoms with Gasteiger partial charge in [0.25, 0.3) is 5.91 Å². The van der Waals surface area contributed by atoms with E-state index in [4.69, 9.17) is 0 Å². The van der Waals surface area contributed by atoms with Gasteiger partial charge in [0.05, 0.1) is 5.56 Å². The average molecular weight is 322 g/mol. The molecule has 0 aromatic heterocycles. The largest absolute Gasteiger partial charge is 0.351 e. The normalized spacial score (nSPS) is 12.2. The smallest absolute Gasteiger partial charge is 0.252 e. The second-order valence-electron chi connectivity index (χ2n) is 3.31. The van der Waals surface area contributed by atoms with E-state index in [0.29, 0.717) is 22.5 Å². The molecule has 0 aliphatic carbocycles. The lowest BCUT2D eigenvalue weighted by Crippen LogP contribution is -2.28. The van der Waals surface area contributed by atoms with Crippen LogP contribution in [-0.2, 0) is 10.8 Å². The first-order chi connectivity index (χ1) is 8.04. The Hall–Kier alpha value is -0.750. The molecule has 0 spiro atoms. The van der Waals surface area contributed by atoms with E-state index in [2.05, 4.69) is 21.2 Å². The second kappa shape index (κ2) is 6.86. The molecule has 0 heterocycles. The molecule has 94 valence electrons. The van der Waals surface area contributed by atoms with Crippen LogP contribution >= 0.6 is 15.9 Å². The van der Waals surface area contributed by atoms with Gasteiger partial charge in [-0.2, -0.15) is 0 Å². The number of halogens is 2. The number of hydrogen-bond donors (Lipinski definition) is 1. The lowest BCUT2D eigenvalue weighted by molar-refractivity contribution is 0.0955. The van der Waals surface area contributed by atoms with Gasteiger partial charge in [0.15, 0.2) is 0 Å². The van der Waals surface area contributed by atoms with E-state index in [1.165, 1.54) is 12.1 Å². The molecule has 0 saturated carbocycles. The van der Waals surface area contributed by atoms with E-state index < -0.39 is 16.6 Å². The van der Waals surface area contributed by atoms with E-state index in [1.807, 2.05) is 6.92 Å². The molecular formula is C11H13BrFNO2S. The molecule has 1 aromatic carbocycles. The van der Waals surface area contributed by atoms with Crippen molar-refractivity contribution in [1.82, 2.24) is 5.32 Å². The first kappa shape index (κ1) is 14.3. The minimum absolute atomic E-state index is 0.243. The SMILES string of the molecule is CCS(=O)CCNC(=O)c1cc(F)ccc1Br. The summed E-state index contributed by atoms with van der Waals surface area (Å²) in [6.07, 6.45) is 0. The molecule has 0 fully saturated rings. The molecule has 1 amide bonds. The minimum Gasteiger partial charge on any atom is -0.351 e. The van der Waals surface area contributed by atoms with Crippen LogP contribution in [0.15, 0.2) is 22.7 Å². The van der Waals surface area contributed by atoms with Crippen molar-refractivity contribution in [2.45, 2.75) is 6.92 Å². The zero-order chi connectivity index (χ0) is 12.8. The summed E-state index contributed by atoms with van der Waals surface area (Å²) in [5, 5.41) is 2.60. The third-order valence-corrected chi connectivity index (χ3v) is 4.11. The van der Waals surface area contributed by atoms with Crippen molar-refractivity contribution < 1.29 is 13.4 Å². The van der Waals surface area contributed by atoms with Gasteiger partial charge in [-0.3, -0.25) is 9.00 Å². The molecule has 1 rings (SSSR count). The monoisotopic (exact) mass is 321 g/mol. The topological polar surface area (TPSA) is 46.2 Å². The summed E-state index contributed by atoms with van der Waals surface area (Å²) < 4.78 is 24.6. The van der Waals surface area contributed by atoms with Crippen molar-refractivity contribution in [1.29, 1.82) is 0 Å². The van der Waals surface area contributed by atoms with Crippen LogP contribution in [0.1, 0.15) is 17.3 Å². The molecule has 17 heavy (non-hydrogen) atoms. The molecule has 0 bridgehead atoms. The summed E-state index contributed by atoms with van der Waals surface area (Å²) in [6.45, 7) is 2.14. The summed E-state index contributed by atoms with van der Waals surface area (Å²) in [6, 6.07) is 3.91. The first-order valence-electron chi connectivity index (χ1n) is 5.12. The standard InChI is InChI=1S/C11H13BrFNO2S/c1-2-17(16)6-5-14-11(15)9-7-8(13)3-4-10(9)12/h3-4,7H,2,5-6H2,1H3,(H,14,15). The third kappa shape index (κ3) is 4.55. The Balaban J connectivity index is 2.58. The van der Waals surface area contributed by atoms with Gasteiger partial charge in [-0.15, -0.1) is 0 Å². The quantitative estimate of drug-likeness (QED) is 0.902. The Kier molecular flexibility index (Phi) is 5.77. The molecular weight excluding hydrogens is 309 g/mol. The van der Waals surface area contributed by atoms with Gasteiger partial charge in [0.1, 0.15) is 5.82 Å². The highest BCUT2D eigenvalue weighted by molar-refractivity contribution is 9.10. The van der Waals surface area contributed by atoms with Crippen LogP contribution in [-0.4, -0.2) is 28.2 Å². The van der Waals surface area contributed by atoms with Crippen molar-refractivity contribution >= 4 is 32.6 Å². The summed E-state index contributed by atoms with van der Waals surface area (Å²) in [5.74, 6) is 0.147. The van der Waals surface area contributed by atoms with E-state index >= 15 is 0 Å². The third-order valence-electron chi connectivity index (χ3n) is 2.11. The van der Waals surface area contributed by atoms with E-state index in [0.717, 1.165) is 6.07 Å². The summed E-state index contributed by atoms with van der Waals surface area (Å²) >= 11 is 3.18. The van der Waals surface area contributed by atoms with E-state index in [9.17, 15) is 13.4 Å². The van der Waals surface area contributed by atoms with Gasteiger partial charge in [0.2, 0.25) is 0 Å². The molecule has 3 nitrogen and oxygen atoms in total. The van der Waals surface area contributed by atoms with E-state index in [1.54, 1.807) is 0 Å². The van der Waals surface area contributed by atoms with Gasteiger partial charge < -0.3 is 5.32 Å². The Bertz CT molecular complexity index is 439. The van der Waals surface area contributed by atoms with Gasteiger partial charge in [0, 0.05) is 33.3 Å². The summed E-state index contributed by atoms with van der Waals surface area (Å²) in [4.78, 5) is 11.7. The van der Waals surface area contributed by atoms with Crippen LogP contribution in [0, 0.1) is 5.82 Å². The predicted molar refractivity (Wildman–Crippen MR) is 70.0 cm³/mol. The highest BCUT2D eigenvalue weighted by atomic mass is 79.9. The number of carbonyl (C=O) groups is 1. The first-order valence-corrected chi connectivity index (χ1v) is 7.41. The maximum Gasteiger partial charge on any atom is 0.252 e. The molecule has 1 atom stereocenters. The number of nitrogens with one attached hydrogen (secondary N) is 1. The predicted octanol–water partition coefficient (Wildman–Crippen LogP) is 2.09. The number of hydrogen-bond acceptors (Lipinski definition) is 2.